The second-order valence-electron chi connectivity index (χ2n) is 4.32. The molecule has 0 aliphatic rings. The van der Waals surface area contributed by atoms with Crippen molar-refractivity contribution in [1.29, 1.82) is 5.26 Å². The van der Waals surface area contributed by atoms with Crippen molar-refractivity contribution in [3.05, 3.63) is 35.9 Å². The van der Waals surface area contributed by atoms with Crippen LogP contribution in [0.2, 0.25) is 19.1 Å². The third-order valence-corrected chi connectivity index (χ3v) is 3.91. The van der Waals surface area contributed by atoms with E-state index in [1.807, 2.05) is 43.4 Å². The monoisotopic (exact) mass is 233 g/mol. The van der Waals surface area contributed by atoms with E-state index in [0.29, 0.717) is 0 Å². The third-order valence-electron chi connectivity index (χ3n) is 2.13. The fraction of sp³-hybridized carbons (Fsp3) is 0.333. The van der Waals surface area contributed by atoms with Gasteiger partial charge in [0.05, 0.1) is 6.04 Å². The van der Waals surface area contributed by atoms with Crippen LogP contribution < -0.4 is 0 Å². The van der Waals surface area contributed by atoms with Gasteiger partial charge in [0.15, 0.2) is 8.07 Å². The number of nitrogens with zero attached hydrogens (tertiary/aromatic N) is 1. The van der Waals surface area contributed by atoms with Crippen molar-refractivity contribution in [2.24, 2.45) is 0 Å². The molecule has 0 aliphatic heterocycles. The Morgan fingerprint density at radius 1 is 1.38 bits per heavy atom. The molecule has 1 aromatic rings. The number of ether oxygens (including phenoxy) is 1. The summed E-state index contributed by atoms with van der Waals surface area (Å²) in [5.41, 5.74) is 3.17. The first-order chi connectivity index (χ1) is 7.53. The van der Waals surface area contributed by atoms with Gasteiger partial charge >= 0.3 is 5.97 Å². The van der Waals surface area contributed by atoms with Crippen molar-refractivity contribution in [3.63, 3.8) is 0 Å². The Hall–Kier alpha value is -1.60. The normalized spacial score (nSPS) is 10.6. The summed E-state index contributed by atoms with van der Waals surface area (Å²) in [6.45, 7) is 4.00. The van der Waals surface area contributed by atoms with Gasteiger partial charge in [-0.2, -0.15) is 0 Å². The van der Waals surface area contributed by atoms with Gasteiger partial charge in [-0.3, -0.25) is 4.79 Å². The van der Waals surface area contributed by atoms with Crippen LogP contribution in [0.15, 0.2) is 30.3 Å². The summed E-state index contributed by atoms with van der Waals surface area (Å²) < 4.78 is 5.11. The molecule has 1 rings (SSSR count). The second-order valence-corrected chi connectivity index (χ2v) is 8.66. The number of rotatable bonds is 4. The van der Waals surface area contributed by atoms with Crippen LogP contribution >= 0.6 is 0 Å². The predicted octanol–water partition coefficient (Wildman–Crippen LogP) is 2.50. The Kier molecular flexibility index (Phi) is 4.26. The Bertz CT molecular complexity index is 395. The molecule has 0 amide bonds. The van der Waals surface area contributed by atoms with E-state index in [1.54, 1.807) is 0 Å². The molecule has 0 saturated heterocycles. The fourth-order valence-corrected chi connectivity index (χ4v) is 2.09. The first kappa shape index (κ1) is 12.5. The average Bonchev–Trinajstić information content (AvgIpc) is 2.27. The van der Waals surface area contributed by atoms with Gasteiger partial charge in [0.1, 0.15) is 6.61 Å². The maximum Gasteiger partial charge on any atom is 0.304 e. The summed E-state index contributed by atoms with van der Waals surface area (Å²) in [5, 5.41) is 8.83. The molecule has 0 spiro atoms. The molecular weight excluding hydrogens is 218 g/mol. The van der Waals surface area contributed by atoms with Crippen molar-refractivity contribution >= 4 is 14.0 Å². The van der Waals surface area contributed by atoms with E-state index >= 15 is 0 Å². The third kappa shape index (κ3) is 4.28. The zero-order valence-corrected chi connectivity index (χ0v) is 10.6. The number of nitriles is 1. The number of hydrogen-bond donors (Lipinski definition) is 0. The molecule has 0 saturated carbocycles. The van der Waals surface area contributed by atoms with Crippen LogP contribution in [0.5, 0.6) is 0 Å². The zero-order valence-electron chi connectivity index (χ0n) is 9.56. The molecule has 3 nitrogen and oxygen atoms in total. The predicted molar refractivity (Wildman–Crippen MR) is 64.1 cm³/mol. The molecule has 0 atom stereocenters. The van der Waals surface area contributed by atoms with Crippen molar-refractivity contribution in [2.45, 2.75) is 25.7 Å². The number of carbonyl (C=O) groups is 1. The van der Waals surface area contributed by atoms with Crippen LogP contribution in [0.1, 0.15) is 5.56 Å². The van der Waals surface area contributed by atoms with Crippen LogP contribution in [-0.2, 0) is 16.1 Å². The maximum atomic E-state index is 11.5. The molecule has 0 unspecified atom stereocenters. The lowest BCUT2D eigenvalue weighted by atomic mass is 10.2. The maximum absolute atomic E-state index is 11.5. The molecule has 0 fully saturated rings. The molecule has 0 aromatic heterocycles. The summed E-state index contributed by atoms with van der Waals surface area (Å²) in [4.78, 5) is 11.5. The van der Waals surface area contributed by atoms with Crippen molar-refractivity contribution in [2.75, 3.05) is 0 Å². The van der Waals surface area contributed by atoms with Gasteiger partial charge in [-0.1, -0.05) is 43.4 Å². The quantitative estimate of drug-likeness (QED) is 0.593. The highest BCUT2D eigenvalue weighted by molar-refractivity contribution is 6.86. The summed E-state index contributed by atoms with van der Waals surface area (Å²) >= 11 is 0. The largest absolute Gasteiger partial charge is 0.461 e. The number of hydrogen-bond acceptors (Lipinski definition) is 3. The van der Waals surface area contributed by atoms with Gasteiger partial charge in [-0.15, -0.1) is 0 Å². The van der Waals surface area contributed by atoms with E-state index in [1.165, 1.54) is 0 Å². The van der Waals surface area contributed by atoms with Crippen molar-refractivity contribution in [1.82, 2.24) is 0 Å². The second kappa shape index (κ2) is 5.47. The van der Waals surface area contributed by atoms with Crippen LogP contribution in [-0.4, -0.2) is 14.0 Å². The van der Waals surface area contributed by atoms with Gasteiger partial charge in [-0.25, -0.2) is 5.26 Å². The minimum atomic E-state index is -2.05. The van der Waals surface area contributed by atoms with Gasteiger partial charge < -0.3 is 4.74 Å². The molecule has 0 heterocycles. The molecule has 0 bridgehead atoms. The molecule has 4 heteroatoms. The number of benzene rings is 1. The topological polar surface area (TPSA) is 50.1 Å². The Morgan fingerprint density at radius 3 is 2.56 bits per heavy atom. The summed E-state index contributed by atoms with van der Waals surface area (Å²) in [5.74, 6) is -0.276. The van der Waals surface area contributed by atoms with Crippen molar-refractivity contribution < 1.29 is 9.53 Å². The van der Waals surface area contributed by atoms with E-state index in [-0.39, 0.29) is 18.6 Å². The highest BCUT2D eigenvalue weighted by Gasteiger charge is 2.25. The first-order valence-electron chi connectivity index (χ1n) is 5.14. The van der Waals surface area contributed by atoms with Gasteiger partial charge in [0, 0.05) is 5.69 Å². The highest BCUT2D eigenvalue weighted by Crippen LogP contribution is 2.10. The smallest absolute Gasteiger partial charge is 0.304 e. The summed E-state index contributed by atoms with van der Waals surface area (Å²) in [6, 6.07) is 9.78. The molecule has 1 aromatic carbocycles. The lowest BCUT2D eigenvalue weighted by molar-refractivity contribution is -0.142. The standard InChI is InChI=1S/C12H15NO2Si/c1-16(2,10-13)9-12(14)15-8-11-6-4-3-5-7-11/h3-7H,8-9H2,1-2H3. The minimum Gasteiger partial charge on any atom is -0.461 e. The van der Waals surface area contributed by atoms with E-state index in [0.717, 1.165) is 5.56 Å². The van der Waals surface area contributed by atoms with Crippen LogP contribution in [0.4, 0.5) is 0 Å². The lowest BCUT2D eigenvalue weighted by Gasteiger charge is -2.11. The van der Waals surface area contributed by atoms with Gasteiger partial charge in [0.25, 0.3) is 0 Å². The van der Waals surface area contributed by atoms with E-state index in [9.17, 15) is 4.79 Å². The van der Waals surface area contributed by atoms with Gasteiger partial charge in [0.2, 0.25) is 0 Å². The van der Waals surface area contributed by atoms with Gasteiger partial charge in [-0.05, 0) is 5.56 Å². The average molecular weight is 233 g/mol. The number of carbonyl (C=O) groups excluding carboxylic acids is 1. The molecule has 0 radical (unpaired) electrons. The Balaban J connectivity index is 2.40. The van der Waals surface area contributed by atoms with Crippen LogP contribution in [0, 0.1) is 11.0 Å². The SMILES string of the molecule is C[Si](C)(C#N)CC(=O)OCc1ccccc1. The van der Waals surface area contributed by atoms with E-state index in [2.05, 4.69) is 5.69 Å². The zero-order chi connectivity index (χ0) is 12.0. The minimum absolute atomic E-state index is 0.260. The molecule has 84 valence electrons. The summed E-state index contributed by atoms with van der Waals surface area (Å²) in [7, 11) is -2.05. The number of esters is 1. The molecule has 0 N–H and O–H groups in total. The highest BCUT2D eigenvalue weighted by atomic mass is 28.3. The fourth-order valence-electron chi connectivity index (χ4n) is 1.19. The van der Waals surface area contributed by atoms with Crippen LogP contribution in [0.25, 0.3) is 0 Å². The molecular formula is C12H15NO2Si. The lowest BCUT2D eigenvalue weighted by Crippen LogP contribution is -2.27. The first-order valence-corrected chi connectivity index (χ1v) is 8.35. The molecule has 16 heavy (non-hydrogen) atoms. The van der Waals surface area contributed by atoms with E-state index < -0.39 is 8.07 Å². The van der Waals surface area contributed by atoms with Crippen LogP contribution in [0.3, 0.4) is 0 Å². The summed E-state index contributed by atoms with van der Waals surface area (Å²) in [6.07, 6.45) is 0. The van der Waals surface area contributed by atoms with E-state index in [4.69, 9.17) is 10.00 Å². The van der Waals surface area contributed by atoms with Crippen molar-refractivity contribution in [3.8, 4) is 5.69 Å². The molecule has 0 aliphatic carbocycles. The Labute approximate surface area is 96.7 Å². The Morgan fingerprint density at radius 2 is 2.00 bits per heavy atom.